The number of aliphatic carboxylic acids is 1. The first-order valence-electron chi connectivity index (χ1n) is 5.73. The summed E-state index contributed by atoms with van der Waals surface area (Å²) in [5.74, 6) is -0.352. The fourth-order valence-corrected chi connectivity index (χ4v) is 4.02. The zero-order valence-electron chi connectivity index (χ0n) is 9.13. The summed E-state index contributed by atoms with van der Waals surface area (Å²) in [4.78, 5) is 10.9. The molecular weight excluding hydrogens is 230 g/mol. The van der Waals surface area contributed by atoms with Crippen LogP contribution in [0.25, 0.3) is 0 Å². The van der Waals surface area contributed by atoms with Crippen LogP contribution in [0.3, 0.4) is 0 Å². The highest BCUT2D eigenvalue weighted by molar-refractivity contribution is 7.89. The lowest BCUT2D eigenvalue weighted by Crippen LogP contribution is -2.41. The molecule has 1 heterocycles. The van der Waals surface area contributed by atoms with E-state index >= 15 is 0 Å². The monoisotopic (exact) mass is 247 g/mol. The number of carboxylic acids is 1. The first-order chi connectivity index (χ1) is 7.50. The molecule has 1 saturated carbocycles. The van der Waals surface area contributed by atoms with E-state index in [9.17, 15) is 13.2 Å². The second-order valence-corrected chi connectivity index (χ2v) is 6.70. The van der Waals surface area contributed by atoms with Crippen molar-refractivity contribution in [2.45, 2.75) is 38.1 Å². The quantitative estimate of drug-likeness (QED) is 0.774. The molecule has 0 aromatic rings. The molecule has 0 aromatic carbocycles. The number of hydrogen-bond acceptors (Lipinski definition) is 3. The Bertz CT molecular complexity index is 374. The molecule has 2 aliphatic rings. The summed E-state index contributed by atoms with van der Waals surface area (Å²) in [7, 11) is -3.36. The van der Waals surface area contributed by atoms with Crippen LogP contribution in [0.4, 0.5) is 0 Å². The Morgan fingerprint density at radius 1 is 1.31 bits per heavy atom. The van der Waals surface area contributed by atoms with Crippen molar-refractivity contribution in [3.05, 3.63) is 0 Å². The minimum Gasteiger partial charge on any atom is -0.480 e. The van der Waals surface area contributed by atoms with Crippen molar-refractivity contribution in [2.75, 3.05) is 12.3 Å². The van der Waals surface area contributed by atoms with E-state index in [1.165, 1.54) is 4.31 Å². The Labute approximate surface area is 95.5 Å². The molecule has 2 rings (SSSR count). The van der Waals surface area contributed by atoms with Crippen LogP contribution in [-0.2, 0) is 14.8 Å². The average molecular weight is 247 g/mol. The first-order valence-corrected chi connectivity index (χ1v) is 7.34. The third-order valence-electron chi connectivity index (χ3n) is 3.33. The van der Waals surface area contributed by atoms with Gasteiger partial charge in [-0.2, -0.15) is 4.31 Å². The third-order valence-corrected chi connectivity index (χ3v) is 5.23. The van der Waals surface area contributed by atoms with E-state index in [0.29, 0.717) is 31.7 Å². The molecule has 6 heteroatoms. The largest absolute Gasteiger partial charge is 0.480 e. The number of hydrogen-bond donors (Lipinski definition) is 1. The van der Waals surface area contributed by atoms with E-state index in [4.69, 9.17) is 5.11 Å². The Hall–Kier alpha value is -0.620. The zero-order valence-corrected chi connectivity index (χ0v) is 9.95. The molecule has 92 valence electrons. The van der Waals surface area contributed by atoms with Gasteiger partial charge < -0.3 is 5.11 Å². The highest BCUT2D eigenvalue weighted by Gasteiger charge is 2.39. The lowest BCUT2D eigenvalue weighted by molar-refractivity contribution is -0.140. The van der Waals surface area contributed by atoms with Gasteiger partial charge in [-0.05, 0) is 25.2 Å². The van der Waals surface area contributed by atoms with Crippen LogP contribution in [0.1, 0.15) is 32.1 Å². The molecule has 0 bridgehead atoms. The van der Waals surface area contributed by atoms with Crippen LogP contribution in [0, 0.1) is 5.92 Å². The van der Waals surface area contributed by atoms with E-state index < -0.39 is 22.0 Å². The van der Waals surface area contributed by atoms with Crippen LogP contribution in [0.2, 0.25) is 0 Å². The minimum absolute atomic E-state index is 0.113. The van der Waals surface area contributed by atoms with Crippen LogP contribution in [0.15, 0.2) is 0 Å². The predicted molar refractivity (Wildman–Crippen MR) is 58.5 cm³/mol. The third kappa shape index (κ3) is 2.55. The molecule has 1 saturated heterocycles. The van der Waals surface area contributed by atoms with E-state index in [1.807, 2.05) is 0 Å². The molecule has 1 aliphatic heterocycles. The van der Waals surface area contributed by atoms with E-state index in [2.05, 4.69) is 0 Å². The normalized spacial score (nSPS) is 27.1. The maximum absolute atomic E-state index is 11.9. The van der Waals surface area contributed by atoms with Crippen molar-refractivity contribution >= 4 is 16.0 Å². The Balaban J connectivity index is 2.00. The average Bonchev–Trinajstić information content (AvgIpc) is 2.88. The smallest absolute Gasteiger partial charge is 0.322 e. The second-order valence-electron chi connectivity index (χ2n) is 4.66. The van der Waals surface area contributed by atoms with Crippen molar-refractivity contribution in [1.82, 2.24) is 4.31 Å². The number of nitrogens with zero attached hydrogens (tertiary/aromatic N) is 1. The van der Waals surface area contributed by atoms with Crippen LogP contribution in [0.5, 0.6) is 0 Å². The molecule has 1 N–H and O–H groups in total. The summed E-state index contributed by atoms with van der Waals surface area (Å²) in [5, 5.41) is 8.93. The molecule has 1 atom stereocenters. The molecule has 2 fully saturated rings. The van der Waals surface area contributed by atoms with Crippen molar-refractivity contribution in [3.63, 3.8) is 0 Å². The molecule has 16 heavy (non-hydrogen) atoms. The number of carboxylic acid groups (broad SMARTS) is 1. The number of sulfonamides is 1. The van der Waals surface area contributed by atoms with Crippen molar-refractivity contribution in [2.24, 2.45) is 5.92 Å². The van der Waals surface area contributed by atoms with Gasteiger partial charge in [0, 0.05) is 6.54 Å². The van der Waals surface area contributed by atoms with E-state index in [0.717, 1.165) is 12.8 Å². The van der Waals surface area contributed by atoms with Gasteiger partial charge in [-0.3, -0.25) is 4.79 Å². The number of rotatable bonds is 5. The van der Waals surface area contributed by atoms with Crippen LogP contribution in [-0.4, -0.2) is 42.1 Å². The highest BCUT2D eigenvalue weighted by atomic mass is 32.2. The predicted octanol–water partition coefficient (Wildman–Crippen LogP) is 0.665. The zero-order chi connectivity index (χ0) is 11.8. The molecule has 0 unspecified atom stereocenters. The van der Waals surface area contributed by atoms with Gasteiger partial charge in [0.2, 0.25) is 10.0 Å². The molecular formula is C10H17NO4S. The van der Waals surface area contributed by atoms with Gasteiger partial charge >= 0.3 is 5.97 Å². The minimum atomic E-state index is -3.36. The SMILES string of the molecule is O=C(O)[C@@H]1CCCN1S(=O)(=O)CCC1CC1. The Morgan fingerprint density at radius 3 is 2.56 bits per heavy atom. The van der Waals surface area contributed by atoms with Gasteiger partial charge in [-0.1, -0.05) is 12.8 Å². The van der Waals surface area contributed by atoms with Crippen LogP contribution < -0.4 is 0 Å². The number of carbonyl (C=O) groups is 1. The Morgan fingerprint density at radius 2 is 2.00 bits per heavy atom. The summed E-state index contributed by atoms with van der Waals surface area (Å²) < 4.78 is 25.1. The fourth-order valence-electron chi connectivity index (χ4n) is 2.16. The molecule has 1 aliphatic carbocycles. The van der Waals surface area contributed by atoms with Gasteiger partial charge in [-0.15, -0.1) is 0 Å². The van der Waals surface area contributed by atoms with Crippen molar-refractivity contribution in [1.29, 1.82) is 0 Å². The van der Waals surface area contributed by atoms with Gasteiger partial charge in [0.25, 0.3) is 0 Å². The molecule has 0 radical (unpaired) electrons. The lowest BCUT2D eigenvalue weighted by Gasteiger charge is -2.20. The molecule has 0 amide bonds. The second kappa shape index (κ2) is 4.33. The van der Waals surface area contributed by atoms with Gasteiger partial charge in [0.1, 0.15) is 6.04 Å². The highest BCUT2D eigenvalue weighted by Crippen LogP contribution is 2.33. The summed E-state index contributed by atoms with van der Waals surface area (Å²) in [5.41, 5.74) is 0. The molecule has 0 spiro atoms. The van der Waals surface area contributed by atoms with Crippen LogP contribution >= 0.6 is 0 Å². The van der Waals surface area contributed by atoms with Gasteiger partial charge in [-0.25, -0.2) is 8.42 Å². The summed E-state index contributed by atoms with van der Waals surface area (Å²) in [6.45, 7) is 0.365. The first kappa shape index (κ1) is 11.9. The summed E-state index contributed by atoms with van der Waals surface area (Å²) in [6, 6.07) is -0.829. The van der Waals surface area contributed by atoms with Crippen molar-refractivity contribution in [3.8, 4) is 0 Å². The maximum Gasteiger partial charge on any atom is 0.322 e. The van der Waals surface area contributed by atoms with Gasteiger partial charge in [0.05, 0.1) is 5.75 Å². The molecule has 5 nitrogen and oxygen atoms in total. The van der Waals surface area contributed by atoms with Gasteiger partial charge in [0.15, 0.2) is 0 Å². The standard InChI is InChI=1S/C10H17NO4S/c12-10(13)9-2-1-6-11(9)16(14,15)7-5-8-3-4-8/h8-9H,1-7H2,(H,12,13)/t9-/m0/s1. The molecule has 0 aromatic heterocycles. The van der Waals surface area contributed by atoms with E-state index in [-0.39, 0.29) is 5.75 Å². The topological polar surface area (TPSA) is 74.7 Å². The lowest BCUT2D eigenvalue weighted by atomic mass is 10.2. The Kier molecular flexibility index (Phi) is 3.21. The van der Waals surface area contributed by atoms with E-state index in [1.54, 1.807) is 0 Å². The van der Waals surface area contributed by atoms with Crippen molar-refractivity contribution < 1.29 is 18.3 Å². The summed E-state index contributed by atoms with van der Waals surface area (Å²) >= 11 is 0. The maximum atomic E-state index is 11.9. The summed E-state index contributed by atoms with van der Waals surface area (Å²) in [6.07, 6.45) is 4.03. The fraction of sp³-hybridized carbons (Fsp3) is 0.900.